The molecule has 106 valence electrons. The Labute approximate surface area is 121 Å². The fourth-order valence-electron chi connectivity index (χ4n) is 2.06. The molecule has 21 heavy (non-hydrogen) atoms. The maximum absolute atomic E-state index is 12.1. The van der Waals surface area contributed by atoms with Gasteiger partial charge in [-0.2, -0.15) is 0 Å². The first-order valence-electron chi connectivity index (χ1n) is 6.46. The molecular weight excluding hydrogens is 268 g/mol. The van der Waals surface area contributed by atoms with Gasteiger partial charge < -0.3 is 20.6 Å². The molecule has 0 aliphatic carbocycles. The third-order valence-electron chi connectivity index (χ3n) is 3.16. The number of hydrogen-bond donors (Lipinski definition) is 3. The molecule has 0 fully saturated rings. The van der Waals surface area contributed by atoms with E-state index in [1.807, 2.05) is 0 Å². The Morgan fingerprint density at radius 2 is 1.90 bits per heavy atom. The third kappa shape index (κ3) is 2.73. The molecule has 0 aliphatic heterocycles. The van der Waals surface area contributed by atoms with Crippen molar-refractivity contribution >= 4 is 28.3 Å². The largest absolute Gasteiger partial charge is 0.451 e. The van der Waals surface area contributed by atoms with Crippen LogP contribution >= 0.6 is 0 Å². The summed E-state index contributed by atoms with van der Waals surface area (Å²) in [4.78, 5) is 12.1. The highest BCUT2D eigenvalue weighted by Gasteiger charge is 2.12. The molecule has 0 spiro atoms. The molecule has 3 aromatic rings. The molecule has 5 nitrogen and oxygen atoms in total. The summed E-state index contributed by atoms with van der Waals surface area (Å²) in [5.74, 6) is -0.108. The topological polar surface area (TPSA) is 88.5 Å². The lowest BCUT2D eigenvalue weighted by Gasteiger charge is -2.03. The second kappa shape index (κ2) is 5.30. The molecule has 3 rings (SSSR count). The lowest BCUT2D eigenvalue weighted by atomic mass is 10.2. The molecule has 0 saturated heterocycles. The smallest absolute Gasteiger partial charge is 0.291 e. The maximum Gasteiger partial charge on any atom is 0.291 e. The molecule has 0 bridgehead atoms. The Kier molecular flexibility index (Phi) is 3.33. The van der Waals surface area contributed by atoms with Crippen LogP contribution in [0.2, 0.25) is 0 Å². The summed E-state index contributed by atoms with van der Waals surface area (Å²) in [7, 11) is 0. The predicted octanol–water partition coefficient (Wildman–Crippen LogP) is 2.76. The highest BCUT2D eigenvalue weighted by atomic mass is 16.3. The zero-order chi connectivity index (χ0) is 14.8. The molecule has 1 amide bonds. The lowest BCUT2D eigenvalue weighted by molar-refractivity contribution is 0.0998. The average Bonchev–Trinajstić information content (AvgIpc) is 2.91. The number of carbonyl (C=O) groups is 1. The fourth-order valence-corrected chi connectivity index (χ4v) is 2.06. The van der Waals surface area contributed by atoms with Gasteiger partial charge in [0.15, 0.2) is 5.76 Å². The van der Waals surface area contributed by atoms with Crippen molar-refractivity contribution in [1.82, 2.24) is 0 Å². The van der Waals surface area contributed by atoms with E-state index in [0.717, 1.165) is 10.9 Å². The van der Waals surface area contributed by atoms with Gasteiger partial charge in [0.1, 0.15) is 5.58 Å². The van der Waals surface area contributed by atoms with E-state index in [4.69, 9.17) is 15.3 Å². The lowest BCUT2D eigenvalue weighted by Crippen LogP contribution is -2.10. The monoisotopic (exact) mass is 282 g/mol. The Balaban J connectivity index is 1.82. The zero-order valence-electron chi connectivity index (χ0n) is 11.2. The number of hydrogen-bond acceptors (Lipinski definition) is 4. The molecule has 0 unspecified atom stereocenters. The number of anilines is 2. The maximum atomic E-state index is 12.1. The Hall–Kier alpha value is -2.79. The highest BCUT2D eigenvalue weighted by Crippen LogP contribution is 2.22. The molecular formula is C16H14N2O3. The number of carbonyl (C=O) groups excluding carboxylic acids is 1. The van der Waals surface area contributed by atoms with Crippen LogP contribution in [-0.4, -0.2) is 11.0 Å². The summed E-state index contributed by atoms with van der Waals surface area (Å²) in [5.41, 5.74) is 8.35. The van der Waals surface area contributed by atoms with Crippen LogP contribution < -0.4 is 11.1 Å². The SMILES string of the molecule is Nc1ccc2oc(C(=O)Nc3ccc(CO)cc3)cc2c1. The first kappa shape index (κ1) is 13.2. The van der Waals surface area contributed by atoms with Crippen LogP contribution in [0.5, 0.6) is 0 Å². The Morgan fingerprint density at radius 3 is 2.62 bits per heavy atom. The quantitative estimate of drug-likeness (QED) is 0.644. The van der Waals surface area contributed by atoms with Gasteiger partial charge in [-0.25, -0.2) is 0 Å². The van der Waals surface area contributed by atoms with Crippen molar-refractivity contribution in [2.75, 3.05) is 11.1 Å². The van der Waals surface area contributed by atoms with Gasteiger partial charge in [-0.3, -0.25) is 4.79 Å². The van der Waals surface area contributed by atoms with E-state index in [2.05, 4.69) is 5.32 Å². The summed E-state index contributed by atoms with van der Waals surface area (Å²) >= 11 is 0. The number of rotatable bonds is 3. The number of aliphatic hydroxyl groups is 1. The summed E-state index contributed by atoms with van der Waals surface area (Å²) in [6, 6.07) is 13.8. The Bertz CT molecular complexity index is 791. The van der Waals surface area contributed by atoms with Crippen LogP contribution in [-0.2, 0) is 6.61 Å². The second-order valence-corrected chi connectivity index (χ2v) is 4.72. The van der Waals surface area contributed by atoms with E-state index in [1.165, 1.54) is 0 Å². The molecule has 1 heterocycles. The van der Waals surface area contributed by atoms with Crippen LogP contribution in [0.4, 0.5) is 11.4 Å². The van der Waals surface area contributed by atoms with E-state index < -0.39 is 0 Å². The number of nitrogens with one attached hydrogen (secondary N) is 1. The van der Waals surface area contributed by atoms with E-state index in [-0.39, 0.29) is 18.3 Å². The molecule has 0 saturated carbocycles. The van der Waals surface area contributed by atoms with Crippen LogP contribution in [0.3, 0.4) is 0 Å². The van der Waals surface area contributed by atoms with E-state index in [1.54, 1.807) is 48.5 Å². The molecule has 2 aromatic carbocycles. The number of benzene rings is 2. The number of nitrogen functional groups attached to an aromatic ring is 1. The number of amides is 1. The highest BCUT2D eigenvalue weighted by molar-refractivity contribution is 6.04. The number of nitrogens with two attached hydrogens (primary N) is 1. The minimum atomic E-state index is -0.332. The molecule has 0 aliphatic rings. The number of aliphatic hydroxyl groups excluding tert-OH is 1. The summed E-state index contributed by atoms with van der Waals surface area (Å²) in [6.45, 7) is -0.0285. The van der Waals surface area contributed by atoms with Crippen molar-refractivity contribution in [2.45, 2.75) is 6.61 Å². The summed E-state index contributed by atoms with van der Waals surface area (Å²) in [6.07, 6.45) is 0. The minimum Gasteiger partial charge on any atom is -0.451 e. The first-order valence-corrected chi connectivity index (χ1v) is 6.46. The van der Waals surface area contributed by atoms with Crippen molar-refractivity contribution in [3.8, 4) is 0 Å². The Morgan fingerprint density at radius 1 is 1.14 bits per heavy atom. The molecule has 0 radical (unpaired) electrons. The van der Waals surface area contributed by atoms with Crippen LogP contribution in [0, 0.1) is 0 Å². The first-order chi connectivity index (χ1) is 10.2. The fraction of sp³-hybridized carbons (Fsp3) is 0.0625. The summed E-state index contributed by atoms with van der Waals surface area (Å²) < 4.78 is 5.49. The van der Waals surface area contributed by atoms with Crippen LogP contribution in [0.1, 0.15) is 16.1 Å². The van der Waals surface area contributed by atoms with Gasteiger partial charge in [0.05, 0.1) is 6.61 Å². The molecule has 0 atom stereocenters. The van der Waals surface area contributed by atoms with Crippen molar-refractivity contribution < 1.29 is 14.3 Å². The summed E-state index contributed by atoms with van der Waals surface area (Å²) in [5, 5.41) is 12.5. The van der Waals surface area contributed by atoms with Gasteiger partial charge in [-0.15, -0.1) is 0 Å². The van der Waals surface area contributed by atoms with Crippen molar-refractivity contribution in [1.29, 1.82) is 0 Å². The number of furan rings is 1. The molecule has 5 heteroatoms. The standard InChI is InChI=1S/C16H14N2O3/c17-12-3-6-14-11(7-12)8-15(21-14)16(20)18-13-4-1-10(9-19)2-5-13/h1-8,19H,9,17H2,(H,18,20). The van der Waals surface area contributed by atoms with Gasteiger partial charge in [0.2, 0.25) is 0 Å². The normalized spacial score (nSPS) is 10.7. The molecule has 4 N–H and O–H groups in total. The van der Waals surface area contributed by atoms with Gasteiger partial charge in [-0.1, -0.05) is 12.1 Å². The number of fused-ring (bicyclic) bond motifs is 1. The van der Waals surface area contributed by atoms with Crippen LogP contribution in [0.25, 0.3) is 11.0 Å². The van der Waals surface area contributed by atoms with Gasteiger partial charge >= 0.3 is 0 Å². The van der Waals surface area contributed by atoms with E-state index in [9.17, 15) is 4.79 Å². The van der Waals surface area contributed by atoms with Crippen molar-refractivity contribution in [3.63, 3.8) is 0 Å². The second-order valence-electron chi connectivity index (χ2n) is 4.72. The van der Waals surface area contributed by atoms with Crippen LogP contribution in [0.15, 0.2) is 52.9 Å². The molecule has 1 aromatic heterocycles. The van der Waals surface area contributed by atoms with Crippen molar-refractivity contribution in [3.05, 3.63) is 59.9 Å². The van der Waals surface area contributed by atoms with Gasteiger partial charge in [-0.05, 0) is 42.0 Å². The van der Waals surface area contributed by atoms with Gasteiger partial charge in [0.25, 0.3) is 5.91 Å². The van der Waals surface area contributed by atoms with E-state index >= 15 is 0 Å². The minimum absolute atomic E-state index is 0.0285. The predicted molar refractivity (Wildman–Crippen MR) is 80.9 cm³/mol. The zero-order valence-corrected chi connectivity index (χ0v) is 11.2. The van der Waals surface area contributed by atoms with Crippen molar-refractivity contribution in [2.24, 2.45) is 0 Å². The van der Waals surface area contributed by atoms with Gasteiger partial charge in [0, 0.05) is 16.8 Å². The van der Waals surface area contributed by atoms with E-state index in [0.29, 0.717) is 17.0 Å². The third-order valence-corrected chi connectivity index (χ3v) is 3.16. The average molecular weight is 282 g/mol.